The van der Waals surface area contributed by atoms with Crippen LogP contribution in [0.25, 0.3) is 5.76 Å². The number of carbonyl (C=O) groups excluding carboxylic acids is 3. The number of hydrogen-bond acceptors (Lipinski definition) is 9. The number of fused-ring (bicyclic) bond motifs is 3. The van der Waals surface area contributed by atoms with Crippen LogP contribution in [0, 0.1) is 11.8 Å². The van der Waals surface area contributed by atoms with Crippen molar-refractivity contribution in [2.45, 2.75) is 30.6 Å². The number of phenolic OH excluding ortho intramolecular Hbond substituents is 1. The van der Waals surface area contributed by atoms with Gasteiger partial charge < -0.3 is 31.3 Å². The molecule has 6 atom stereocenters. The fourth-order valence-corrected chi connectivity index (χ4v) is 5.58. The van der Waals surface area contributed by atoms with Crippen molar-refractivity contribution < 1.29 is 39.9 Å². The van der Waals surface area contributed by atoms with E-state index in [1.807, 2.05) is 0 Å². The molecular formula is C22H24N2O8. The number of Topliss-reactive ketones (excluding diaryl/α,β-unsaturated/α-hetero) is 2. The number of nitrogens with two attached hydrogens (primary N) is 1. The fraction of sp³-hybridized carbons (Fsp3) is 0.409. The molecule has 3 aliphatic rings. The van der Waals surface area contributed by atoms with Gasteiger partial charge in [0.1, 0.15) is 22.8 Å². The van der Waals surface area contributed by atoms with Crippen molar-refractivity contribution in [3.63, 3.8) is 0 Å². The van der Waals surface area contributed by atoms with Gasteiger partial charge in [0.15, 0.2) is 11.4 Å². The Morgan fingerprint density at radius 1 is 1.16 bits per heavy atom. The smallest absolute Gasteiger partial charge is 0.255 e. The summed E-state index contributed by atoms with van der Waals surface area (Å²) in [7, 11) is 2.92. The summed E-state index contributed by atoms with van der Waals surface area (Å²) in [4.78, 5) is 40.0. The summed E-state index contributed by atoms with van der Waals surface area (Å²) in [6, 6.07) is 3.13. The number of primary amides is 1. The number of aliphatic hydroxyl groups is 4. The molecule has 0 spiro atoms. The molecule has 10 heteroatoms. The minimum atomic E-state index is -2.89. The summed E-state index contributed by atoms with van der Waals surface area (Å²) in [6.45, 7) is 1.68. The second kappa shape index (κ2) is 6.89. The first-order valence-corrected chi connectivity index (χ1v) is 10.0. The topological polar surface area (TPSA) is 182 Å². The molecule has 10 nitrogen and oxygen atoms in total. The molecule has 170 valence electrons. The van der Waals surface area contributed by atoms with Crippen molar-refractivity contribution in [1.82, 2.24) is 4.90 Å². The monoisotopic (exact) mass is 444 g/mol. The zero-order valence-electron chi connectivity index (χ0n) is 17.6. The normalized spacial score (nSPS) is 34.4. The van der Waals surface area contributed by atoms with Gasteiger partial charge >= 0.3 is 0 Å². The van der Waals surface area contributed by atoms with Crippen LogP contribution in [0.15, 0.2) is 35.1 Å². The summed E-state index contributed by atoms with van der Waals surface area (Å²) < 4.78 is 0. The second-order valence-corrected chi connectivity index (χ2v) is 8.79. The van der Waals surface area contributed by atoms with E-state index in [1.54, 1.807) is 19.1 Å². The summed E-state index contributed by atoms with van der Waals surface area (Å²) >= 11 is 0. The quantitative estimate of drug-likeness (QED) is 0.327. The van der Waals surface area contributed by atoms with Gasteiger partial charge in [-0.15, -0.1) is 0 Å². The molecule has 1 fully saturated rings. The first-order chi connectivity index (χ1) is 14.9. The maximum absolute atomic E-state index is 13.7. The fourth-order valence-electron chi connectivity index (χ4n) is 5.58. The molecule has 32 heavy (non-hydrogen) atoms. The van der Waals surface area contributed by atoms with Crippen LogP contribution >= 0.6 is 0 Å². The third-order valence-corrected chi connectivity index (χ3v) is 6.99. The third-order valence-electron chi connectivity index (χ3n) is 6.99. The first kappa shape index (κ1) is 22.0. The first-order valence-electron chi connectivity index (χ1n) is 10.0. The van der Waals surface area contributed by atoms with Gasteiger partial charge in [-0.25, -0.2) is 0 Å². The zero-order chi connectivity index (χ0) is 23.9. The van der Waals surface area contributed by atoms with E-state index >= 15 is 0 Å². The van der Waals surface area contributed by atoms with Crippen molar-refractivity contribution in [2.75, 3.05) is 14.1 Å². The van der Waals surface area contributed by atoms with Crippen LogP contribution in [-0.4, -0.2) is 79.7 Å². The van der Waals surface area contributed by atoms with Crippen molar-refractivity contribution in [3.05, 3.63) is 46.2 Å². The van der Waals surface area contributed by atoms with Gasteiger partial charge in [0.25, 0.3) is 5.91 Å². The number of aliphatic hydroxyl groups excluding tert-OH is 3. The molecule has 1 amide bonds. The maximum Gasteiger partial charge on any atom is 0.255 e. The minimum Gasteiger partial charge on any atom is -0.508 e. The van der Waals surface area contributed by atoms with E-state index < -0.39 is 75.6 Å². The highest BCUT2D eigenvalue weighted by Gasteiger charge is 2.68. The average Bonchev–Trinajstić information content (AvgIpc) is 2.70. The minimum absolute atomic E-state index is 0.0245. The molecular weight excluding hydrogens is 420 g/mol. The van der Waals surface area contributed by atoms with Crippen LogP contribution in [0.5, 0.6) is 5.75 Å². The van der Waals surface area contributed by atoms with Gasteiger partial charge in [0.2, 0.25) is 5.78 Å². The molecule has 5 unspecified atom stereocenters. The highest BCUT2D eigenvalue weighted by molar-refractivity contribution is 6.24. The summed E-state index contributed by atoms with van der Waals surface area (Å²) in [6.07, 6.45) is -1.59. The molecule has 0 heterocycles. The van der Waals surface area contributed by atoms with Crippen LogP contribution in [-0.2, 0) is 14.4 Å². The molecule has 7 N–H and O–H groups in total. The second-order valence-electron chi connectivity index (χ2n) is 8.79. The average molecular weight is 444 g/mol. The van der Waals surface area contributed by atoms with Gasteiger partial charge in [-0.2, -0.15) is 0 Å². The lowest BCUT2D eigenvalue weighted by molar-refractivity contribution is -0.169. The molecule has 4 rings (SSSR count). The molecule has 1 aromatic carbocycles. The molecule has 0 saturated heterocycles. The Bertz CT molecular complexity index is 1140. The lowest BCUT2D eigenvalue weighted by Crippen LogP contribution is -2.70. The van der Waals surface area contributed by atoms with E-state index in [9.17, 15) is 39.9 Å². The van der Waals surface area contributed by atoms with E-state index in [1.165, 1.54) is 25.1 Å². The van der Waals surface area contributed by atoms with E-state index in [-0.39, 0.29) is 11.3 Å². The number of hydrogen-bond donors (Lipinski definition) is 6. The highest BCUT2D eigenvalue weighted by atomic mass is 16.4. The lowest BCUT2D eigenvalue weighted by Gasteiger charge is -2.53. The number of aromatic hydroxyl groups is 1. The Hall–Kier alpha value is -3.21. The molecule has 0 radical (unpaired) electrons. The predicted molar refractivity (Wildman–Crippen MR) is 110 cm³/mol. The van der Waals surface area contributed by atoms with Crippen LogP contribution in [0.1, 0.15) is 24.0 Å². The van der Waals surface area contributed by atoms with Crippen molar-refractivity contribution >= 4 is 23.2 Å². The molecule has 0 bridgehead atoms. The number of nitrogens with zero attached hydrogens (tertiary/aromatic N) is 1. The van der Waals surface area contributed by atoms with Crippen LogP contribution in [0.3, 0.4) is 0 Å². The van der Waals surface area contributed by atoms with Crippen LogP contribution in [0.2, 0.25) is 0 Å². The number of rotatable bonds is 2. The van der Waals surface area contributed by atoms with Gasteiger partial charge in [0.05, 0.1) is 23.6 Å². The molecule has 1 aromatic rings. The van der Waals surface area contributed by atoms with Gasteiger partial charge in [0, 0.05) is 11.5 Å². The highest BCUT2D eigenvalue weighted by Crippen LogP contribution is 2.55. The molecule has 0 aromatic heterocycles. The number of carbonyl (C=O) groups is 3. The number of amides is 1. The van der Waals surface area contributed by atoms with Gasteiger partial charge in [-0.3, -0.25) is 19.3 Å². The van der Waals surface area contributed by atoms with Crippen LogP contribution < -0.4 is 5.73 Å². The Morgan fingerprint density at radius 2 is 1.78 bits per heavy atom. The molecule has 0 aliphatic heterocycles. The lowest BCUT2D eigenvalue weighted by atomic mass is 9.54. The van der Waals surface area contributed by atoms with Crippen molar-refractivity contribution in [3.8, 4) is 5.75 Å². The van der Waals surface area contributed by atoms with E-state index in [4.69, 9.17) is 5.73 Å². The zero-order valence-corrected chi connectivity index (χ0v) is 17.6. The Labute approximate surface area is 182 Å². The van der Waals surface area contributed by atoms with Gasteiger partial charge in [-0.1, -0.05) is 19.1 Å². The van der Waals surface area contributed by atoms with E-state index in [2.05, 4.69) is 0 Å². The summed E-state index contributed by atoms with van der Waals surface area (Å²) in [5.41, 5.74) is 1.47. The van der Waals surface area contributed by atoms with E-state index in [0.717, 1.165) is 0 Å². The van der Waals surface area contributed by atoms with Crippen molar-refractivity contribution in [2.24, 2.45) is 17.6 Å². The number of ketones is 2. The SMILES string of the molecule is CC1c2cccc(O)c2C(O)=C2C(=O)C3(O)C(O)=C(C(N)=O)C(=O)[C@@H](N(C)C)C3C(O)C21. The van der Waals surface area contributed by atoms with Crippen LogP contribution in [0.4, 0.5) is 0 Å². The Balaban J connectivity index is 2.07. The third kappa shape index (κ3) is 2.48. The maximum atomic E-state index is 13.7. The summed E-state index contributed by atoms with van der Waals surface area (Å²) in [5.74, 6) is -8.87. The standard InChI is InChI=1S/C22H24N2O8/c1-7-8-5-4-6-9(25)11(8)16(26)12-10(7)17(27)14-15(24(2)3)18(28)13(21(23)31)20(30)22(14,32)19(12)29/h4-7,10,14-15,17,25-27,30,32H,1-3H3,(H2,23,31)/t7?,10?,14?,15-,17?,22?/m0/s1. The molecule has 1 saturated carbocycles. The van der Waals surface area contributed by atoms with E-state index in [0.29, 0.717) is 5.56 Å². The Morgan fingerprint density at radius 3 is 2.34 bits per heavy atom. The van der Waals surface area contributed by atoms with Crippen molar-refractivity contribution in [1.29, 1.82) is 0 Å². The number of benzene rings is 1. The Kier molecular flexibility index (Phi) is 4.74. The summed E-state index contributed by atoms with van der Waals surface area (Å²) in [5, 5.41) is 54.9. The number of phenols is 1. The largest absolute Gasteiger partial charge is 0.508 e. The molecule has 3 aliphatic carbocycles. The predicted octanol–water partition coefficient (Wildman–Crippen LogP) is -0.504. The number of likely N-dealkylation sites (N-methyl/N-ethyl adjacent to an activating group) is 1. The van der Waals surface area contributed by atoms with Gasteiger partial charge in [-0.05, 0) is 31.6 Å².